The van der Waals surface area contributed by atoms with Crippen LogP contribution in [0.5, 0.6) is 0 Å². The summed E-state index contributed by atoms with van der Waals surface area (Å²) in [6.07, 6.45) is 8.12. The molecule has 1 aliphatic rings. The first-order chi connectivity index (χ1) is 14.4. The van der Waals surface area contributed by atoms with E-state index in [2.05, 4.69) is 18.9 Å². The molecular weight excluding hydrogens is 380 g/mol. The maximum absolute atomic E-state index is 12.8. The van der Waals surface area contributed by atoms with Gasteiger partial charge in [-0.3, -0.25) is 14.4 Å². The van der Waals surface area contributed by atoms with Crippen LogP contribution in [0.3, 0.4) is 0 Å². The summed E-state index contributed by atoms with van der Waals surface area (Å²) in [5.74, 6) is 0.0918. The molecule has 0 bridgehead atoms. The molecule has 6 nitrogen and oxygen atoms in total. The average molecular weight is 405 g/mol. The Kier molecular flexibility index (Phi) is 7.08. The molecule has 1 fully saturated rings. The van der Waals surface area contributed by atoms with Crippen LogP contribution in [0, 0.1) is 31.6 Å². The number of hydrogen-bond donors (Lipinski definition) is 0. The van der Waals surface area contributed by atoms with Gasteiger partial charge in [-0.05, 0) is 61.1 Å². The van der Waals surface area contributed by atoms with Crippen LogP contribution in [0.4, 0.5) is 0 Å². The summed E-state index contributed by atoms with van der Waals surface area (Å²) in [5, 5.41) is 1.99. The summed E-state index contributed by atoms with van der Waals surface area (Å²) in [6, 6.07) is 11.6. The molecular formula is C24H25N2O4. The second-order valence-corrected chi connectivity index (χ2v) is 7.17. The molecule has 1 saturated carbocycles. The van der Waals surface area contributed by atoms with Gasteiger partial charge in [-0.25, -0.2) is 0 Å². The Morgan fingerprint density at radius 1 is 0.867 bits per heavy atom. The number of ether oxygens (including phenoxy) is 1. The highest BCUT2D eigenvalue weighted by atomic mass is 16.5. The van der Waals surface area contributed by atoms with E-state index < -0.39 is 5.97 Å². The lowest BCUT2D eigenvalue weighted by Crippen LogP contribution is -2.41. The van der Waals surface area contributed by atoms with E-state index in [4.69, 9.17) is 4.74 Å². The molecule has 0 N–H and O–H groups in total. The van der Waals surface area contributed by atoms with Crippen LogP contribution in [0.2, 0.25) is 0 Å². The fraction of sp³-hybridized carbons (Fsp3) is 0.250. The molecule has 0 aromatic heterocycles. The fourth-order valence-electron chi connectivity index (χ4n) is 3.23. The summed E-state index contributed by atoms with van der Waals surface area (Å²) >= 11 is 0. The largest absolute Gasteiger partial charge is 0.465 e. The van der Waals surface area contributed by atoms with E-state index >= 15 is 0 Å². The van der Waals surface area contributed by atoms with E-state index in [0.717, 1.165) is 22.3 Å². The zero-order valence-corrected chi connectivity index (χ0v) is 17.4. The molecule has 0 atom stereocenters. The van der Waals surface area contributed by atoms with Crippen molar-refractivity contribution in [3.8, 4) is 0 Å². The van der Waals surface area contributed by atoms with Crippen molar-refractivity contribution < 1.29 is 19.1 Å². The molecule has 1 aliphatic carbocycles. The molecule has 6 heteroatoms. The minimum atomic E-state index is -0.474. The highest BCUT2D eigenvalue weighted by Crippen LogP contribution is 2.32. The predicted molar refractivity (Wildman–Crippen MR) is 115 cm³/mol. The Labute approximate surface area is 177 Å². The number of nitrogens with zero attached hydrogens (tertiary/aromatic N) is 2. The second kappa shape index (κ2) is 9.74. The number of rotatable bonds is 7. The highest BCUT2D eigenvalue weighted by Gasteiger charge is 2.21. The Morgan fingerprint density at radius 2 is 1.53 bits per heavy atom. The van der Waals surface area contributed by atoms with Crippen LogP contribution in [0.25, 0.3) is 10.8 Å². The first-order valence-corrected chi connectivity index (χ1v) is 9.80. The molecule has 0 spiro atoms. The Morgan fingerprint density at radius 3 is 2.23 bits per heavy atom. The number of benzene rings is 2. The van der Waals surface area contributed by atoms with E-state index in [0.29, 0.717) is 5.56 Å². The SMILES string of the molecule is CCOC(=O)CN(C)C(=O)CN(C)C(=O)c1ccc2cc([C]3[CH][CH][CH][CH]3)ccc2c1. The molecule has 2 amide bonds. The van der Waals surface area contributed by atoms with Crippen LogP contribution in [-0.2, 0) is 14.3 Å². The van der Waals surface area contributed by atoms with Crippen LogP contribution in [-0.4, -0.2) is 61.4 Å². The fourth-order valence-corrected chi connectivity index (χ4v) is 3.23. The standard InChI is InChI=1S/C24H25N2O4/c1-4-30-23(28)16-25(2)22(27)15-26(3)24(29)21-12-11-19-13-18(9-10-20(19)14-21)17-7-5-6-8-17/h5-14H,4,15-16H2,1-3H3. The summed E-state index contributed by atoms with van der Waals surface area (Å²) in [6.45, 7) is 1.70. The van der Waals surface area contributed by atoms with Crippen LogP contribution < -0.4 is 0 Å². The van der Waals surface area contributed by atoms with Gasteiger partial charge >= 0.3 is 5.97 Å². The van der Waals surface area contributed by atoms with Gasteiger partial charge in [0.15, 0.2) is 0 Å². The normalized spacial score (nSPS) is 14.0. The van der Waals surface area contributed by atoms with Crippen molar-refractivity contribution in [2.75, 3.05) is 33.8 Å². The van der Waals surface area contributed by atoms with Gasteiger partial charge in [0.2, 0.25) is 5.91 Å². The van der Waals surface area contributed by atoms with Crippen molar-refractivity contribution in [3.63, 3.8) is 0 Å². The van der Waals surface area contributed by atoms with Gasteiger partial charge in [0.05, 0.1) is 13.2 Å². The number of amides is 2. The lowest BCUT2D eigenvalue weighted by atomic mass is 9.94. The lowest BCUT2D eigenvalue weighted by Gasteiger charge is -2.21. The summed E-state index contributed by atoms with van der Waals surface area (Å²) in [7, 11) is 3.08. The number of fused-ring (bicyclic) bond motifs is 1. The first-order valence-electron chi connectivity index (χ1n) is 9.80. The van der Waals surface area contributed by atoms with Crippen molar-refractivity contribution in [3.05, 3.63) is 79.1 Å². The van der Waals surface area contributed by atoms with Crippen molar-refractivity contribution in [1.82, 2.24) is 9.80 Å². The van der Waals surface area contributed by atoms with E-state index in [1.54, 1.807) is 20.0 Å². The topological polar surface area (TPSA) is 66.9 Å². The van der Waals surface area contributed by atoms with Gasteiger partial charge in [-0.15, -0.1) is 0 Å². The number of hydrogen-bond acceptors (Lipinski definition) is 4. The van der Waals surface area contributed by atoms with E-state index in [1.807, 2.05) is 37.1 Å². The van der Waals surface area contributed by atoms with Gasteiger partial charge in [-0.1, -0.05) is 24.3 Å². The van der Waals surface area contributed by atoms with Gasteiger partial charge in [0.25, 0.3) is 5.91 Å². The molecule has 0 aliphatic heterocycles. The molecule has 3 rings (SSSR count). The minimum Gasteiger partial charge on any atom is -0.465 e. The summed E-state index contributed by atoms with van der Waals surface area (Å²) in [4.78, 5) is 39.2. The van der Waals surface area contributed by atoms with Crippen LogP contribution >= 0.6 is 0 Å². The van der Waals surface area contributed by atoms with Crippen LogP contribution in [0.15, 0.2) is 36.4 Å². The monoisotopic (exact) mass is 405 g/mol. The Hall–Kier alpha value is -2.89. The van der Waals surface area contributed by atoms with Gasteiger partial charge < -0.3 is 14.5 Å². The van der Waals surface area contributed by atoms with Gasteiger partial charge in [-0.2, -0.15) is 0 Å². The lowest BCUT2D eigenvalue weighted by molar-refractivity contribution is -0.148. The number of carbonyl (C=O) groups is 3. The van der Waals surface area contributed by atoms with E-state index in [9.17, 15) is 14.4 Å². The molecule has 2 aromatic carbocycles. The summed E-state index contributed by atoms with van der Waals surface area (Å²) in [5.41, 5.74) is 1.63. The number of carbonyl (C=O) groups excluding carboxylic acids is 3. The molecule has 0 saturated heterocycles. The molecule has 30 heavy (non-hydrogen) atoms. The van der Waals surface area contributed by atoms with Crippen molar-refractivity contribution in [2.45, 2.75) is 6.92 Å². The van der Waals surface area contributed by atoms with Crippen molar-refractivity contribution in [2.24, 2.45) is 0 Å². The number of likely N-dealkylation sites (N-methyl/N-ethyl adjacent to an activating group) is 2. The zero-order chi connectivity index (χ0) is 21.7. The van der Waals surface area contributed by atoms with E-state index in [-0.39, 0.29) is 31.5 Å². The third kappa shape index (κ3) is 5.17. The predicted octanol–water partition coefficient (Wildman–Crippen LogP) is 2.69. The quantitative estimate of drug-likeness (QED) is 0.665. The minimum absolute atomic E-state index is 0.122. The third-order valence-corrected chi connectivity index (χ3v) is 4.90. The zero-order valence-electron chi connectivity index (χ0n) is 17.4. The summed E-state index contributed by atoms with van der Waals surface area (Å²) < 4.78 is 4.84. The maximum atomic E-state index is 12.8. The smallest absolute Gasteiger partial charge is 0.325 e. The van der Waals surface area contributed by atoms with Gasteiger partial charge in [0, 0.05) is 25.6 Å². The van der Waals surface area contributed by atoms with Crippen molar-refractivity contribution >= 4 is 28.6 Å². The van der Waals surface area contributed by atoms with Crippen molar-refractivity contribution in [1.29, 1.82) is 0 Å². The van der Waals surface area contributed by atoms with Gasteiger partial charge in [0.1, 0.15) is 6.54 Å². The molecule has 155 valence electrons. The Bertz CT molecular complexity index is 934. The first kappa shape index (κ1) is 21.8. The molecule has 5 radical (unpaired) electrons. The van der Waals surface area contributed by atoms with E-state index in [1.165, 1.54) is 16.8 Å². The molecule has 2 aromatic rings. The average Bonchev–Trinajstić information content (AvgIpc) is 3.27. The second-order valence-electron chi connectivity index (χ2n) is 7.17. The molecule has 0 unspecified atom stereocenters. The molecule has 0 heterocycles. The number of esters is 1. The maximum Gasteiger partial charge on any atom is 0.325 e. The Balaban J connectivity index is 1.65. The third-order valence-electron chi connectivity index (χ3n) is 4.90. The highest BCUT2D eigenvalue weighted by molar-refractivity contribution is 6.00. The van der Waals surface area contributed by atoms with Crippen LogP contribution in [0.1, 0.15) is 22.8 Å².